The molecule has 5 aromatic carbocycles. The van der Waals surface area contributed by atoms with Crippen molar-refractivity contribution in [3.63, 3.8) is 0 Å². The molecule has 0 fully saturated rings. The number of hydrogen-bond donors (Lipinski definition) is 0. The summed E-state index contributed by atoms with van der Waals surface area (Å²) < 4.78 is 32.2. The van der Waals surface area contributed by atoms with Gasteiger partial charge in [0.05, 0.1) is 43.5 Å². The predicted octanol–water partition coefficient (Wildman–Crippen LogP) is 8.28. The van der Waals surface area contributed by atoms with Crippen LogP contribution in [-0.2, 0) is 50.1 Å². The van der Waals surface area contributed by atoms with Crippen LogP contribution in [0.15, 0.2) is 158 Å². The van der Waals surface area contributed by atoms with E-state index in [0.29, 0.717) is 6.61 Å². The van der Waals surface area contributed by atoms with Gasteiger partial charge in [-0.15, -0.1) is 0 Å². The van der Waals surface area contributed by atoms with Crippen LogP contribution in [0.5, 0.6) is 0 Å². The zero-order chi connectivity index (χ0) is 35.7. The molecule has 5 rings (SSSR count). The van der Waals surface area contributed by atoms with Crippen molar-refractivity contribution in [3.8, 4) is 0 Å². The normalized spacial score (nSPS) is 13.4. The number of hydrogen-bond acceptors (Lipinski definition) is 8. The van der Waals surface area contributed by atoms with E-state index in [-0.39, 0.29) is 37.7 Å². The lowest BCUT2D eigenvalue weighted by atomic mass is 10.0. The smallest absolute Gasteiger partial charge is 0.338 e. The van der Waals surface area contributed by atoms with Crippen LogP contribution in [0.25, 0.3) is 0 Å². The van der Waals surface area contributed by atoms with E-state index >= 15 is 0 Å². The molecule has 5 aromatic rings. The lowest BCUT2D eigenvalue weighted by molar-refractivity contribution is -0.384. The zero-order valence-electron chi connectivity index (χ0n) is 28.2. The molecule has 0 N–H and O–H groups in total. The minimum Gasteiger partial charge on any atom is -0.452 e. The molecule has 9 nitrogen and oxygen atoms in total. The quantitative estimate of drug-likeness (QED) is 0.0348. The number of esters is 1. The fourth-order valence-electron chi connectivity index (χ4n) is 5.37. The van der Waals surface area contributed by atoms with Crippen molar-refractivity contribution in [2.45, 2.75) is 50.8 Å². The molecule has 0 amide bonds. The highest BCUT2D eigenvalue weighted by molar-refractivity contribution is 5.89. The van der Waals surface area contributed by atoms with Crippen LogP contribution in [0.4, 0.5) is 5.69 Å². The van der Waals surface area contributed by atoms with Crippen LogP contribution in [0, 0.1) is 10.1 Å². The number of rotatable bonds is 20. The summed E-state index contributed by atoms with van der Waals surface area (Å²) in [5.74, 6) is -0.702. The van der Waals surface area contributed by atoms with E-state index in [4.69, 9.17) is 23.7 Å². The third-order valence-electron chi connectivity index (χ3n) is 8.07. The second-order valence-corrected chi connectivity index (χ2v) is 11.8. The molecule has 0 aromatic heterocycles. The maximum Gasteiger partial charge on any atom is 0.338 e. The van der Waals surface area contributed by atoms with Gasteiger partial charge in [0.25, 0.3) is 5.69 Å². The molecule has 0 spiro atoms. The standard InChI is InChI=1S/C42H41NO8/c1-2-38(51-42(44)36-23-25-37(26-24-36)43(45)46)40(49-29-34-19-11-5-12-20-34)41(50-30-35-21-13-6-14-22-35)39(48-28-33-17-9-4-10-18-33)31-47-27-32-15-7-3-8-16-32/h2-26,38-41H,1,27-31H2/t38-,39+,40+,41-/m0/s1. The summed E-state index contributed by atoms with van der Waals surface area (Å²) in [5.41, 5.74) is 3.78. The molecular formula is C42H41NO8. The molecule has 0 heterocycles. The van der Waals surface area contributed by atoms with E-state index in [1.165, 1.54) is 30.3 Å². The van der Waals surface area contributed by atoms with Gasteiger partial charge in [-0.3, -0.25) is 10.1 Å². The van der Waals surface area contributed by atoms with Crippen molar-refractivity contribution >= 4 is 11.7 Å². The first-order valence-corrected chi connectivity index (χ1v) is 16.7. The van der Waals surface area contributed by atoms with Gasteiger partial charge in [-0.2, -0.15) is 0 Å². The highest BCUT2D eigenvalue weighted by Crippen LogP contribution is 2.25. The van der Waals surface area contributed by atoms with Crippen molar-refractivity contribution in [2.24, 2.45) is 0 Å². The SMILES string of the molecule is C=C[C@H](OC(=O)c1ccc([N+](=O)[O-])cc1)[C@@H](OCc1ccccc1)[C@@H](OCc1ccccc1)[C@@H](COCc1ccccc1)OCc1ccccc1. The summed E-state index contributed by atoms with van der Waals surface area (Å²) in [6.45, 7) is 5.12. The van der Waals surface area contributed by atoms with Crippen LogP contribution in [0.3, 0.4) is 0 Å². The molecule has 0 aliphatic rings. The summed E-state index contributed by atoms with van der Waals surface area (Å²) in [6, 6.07) is 44.2. The predicted molar refractivity (Wildman–Crippen MR) is 194 cm³/mol. The average Bonchev–Trinajstić information content (AvgIpc) is 3.18. The van der Waals surface area contributed by atoms with Gasteiger partial charge in [-0.25, -0.2) is 4.79 Å². The van der Waals surface area contributed by atoms with Gasteiger partial charge in [0, 0.05) is 12.1 Å². The van der Waals surface area contributed by atoms with Crippen molar-refractivity contribution in [3.05, 3.63) is 196 Å². The largest absolute Gasteiger partial charge is 0.452 e. The maximum atomic E-state index is 13.5. The van der Waals surface area contributed by atoms with Crippen LogP contribution in [0.1, 0.15) is 32.6 Å². The second kappa shape index (κ2) is 19.7. The molecule has 0 bridgehead atoms. The Morgan fingerprint density at radius 3 is 1.49 bits per heavy atom. The lowest BCUT2D eigenvalue weighted by Crippen LogP contribution is -2.50. The van der Waals surface area contributed by atoms with E-state index in [0.717, 1.165) is 22.3 Å². The molecule has 4 atom stereocenters. The minimum absolute atomic E-state index is 0.131. The molecule has 0 saturated heterocycles. The summed E-state index contributed by atoms with van der Waals surface area (Å²) in [6.07, 6.45) is -1.97. The Kier molecular flexibility index (Phi) is 14.2. The van der Waals surface area contributed by atoms with Crippen molar-refractivity contribution in [1.29, 1.82) is 0 Å². The van der Waals surface area contributed by atoms with Gasteiger partial charge >= 0.3 is 5.97 Å². The Morgan fingerprint density at radius 1 is 0.608 bits per heavy atom. The number of non-ortho nitro benzene ring substituents is 1. The fourth-order valence-corrected chi connectivity index (χ4v) is 5.37. The van der Waals surface area contributed by atoms with Crippen LogP contribution < -0.4 is 0 Å². The van der Waals surface area contributed by atoms with Crippen molar-refractivity contribution in [2.75, 3.05) is 6.61 Å². The molecule has 0 radical (unpaired) electrons. The monoisotopic (exact) mass is 687 g/mol. The maximum absolute atomic E-state index is 13.5. The van der Waals surface area contributed by atoms with Gasteiger partial charge in [-0.05, 0) is 40.5 Å². The van der Waals surface area contributed by atoms with Crippen LogP contribution >= 0.6 is 0 Å². The fraction of sp³-hybridized carbons (Fsp3) is 0.214. The average molecular weight is 688 g/mol. The molecule has 9 heteroatoms. The first-order valence-electron chi connectivity index (χ1n) is 16.7. The molecule has 262 valence electrons. The van der Waals surface area contributed by atoms with Gasteiger partial charge in [0.1, 0.15) is 24.4 Å². The highest BCUT2D eigenvalue weighted by Gasteiger charge is 2.39. The number of carbonyl (C=O) groups is 1. The van der Waals surface area contributed by atoms with Crippen molar-refractivity contribution < 1.29 is 33.4 Å². The Labute approximate surface area is 298 Å². The van der Waals surface area contributed by atoms with Gasteiger partial charge in [-0.1, -0.05) is 128 Å². The number of nitro groups is 1. The Bertz CT molecular complexity index is 1770. The molecule has 0 aliphatic carbocycles. The van der Waals surface area contributed by atoms with E-state index in [2.05, 4.69) is 6.58 Å². The number of ether oxygens (including phenoxy) is 5. The van der Waals surface area contributed by atoms with E-state index in [1.807, 2.05) is 121 Å². The molecule has 0 aliphatic heterocycles. The summed E-state index contributed by atoms with van der Waals surface area (Å²) >= 11 is 0. The topological polar surface area (TPSA) is 106 Å². The highest BCUT2D eigenvalue weighted by atomic mass is 16.6. The molecule has 0 saturated carbocycles. The van der Waals surface area contributed by atoms with E-state index < -0.39 is 35.3 Å². The van der Waals surface area contributed by atoms with Gasteiger partial charge < -0.3 is 23.7 Å². The third-order valence-corrected chi connectivity index (χ3v) is 8.07. The van der Waals surface area contributed by atoms with Crippen LogP contribution in [0.2, 0.25) is 0 Å². The van der Waals surface area contributed by atoms with Crippen molar-refractivity contribution in [1.82, 2.24) is 0 Å². The number of nitro benzene ring substituents is 1. The minimum atomic E-state index is -1.02. The summed E-state index contributed by atoms with van der Waals surface area (Å²) in [4.78, 5) is 24.2. The second-order valence-electron chi connectivity index (χ2n) is 11.8. The van der Waals surface area contributed by atoms with Gasteiger partial charge in [0.15, 0.2) is 0 Å². The molecule has 51 heavy (non-hydrogen) atoms. The van der Waals surface area contributed by atoms with E-state index in [1.54, 1.807) is 0 Å². The Morgan fingerprint density at radius 2 is 1.04 bits per heavy atom. The lowest BCUT2D eigenvalue weighted by Gasteiger charge is -2.36. The number of nitrogens with zero attached hydrogens (tertiary/aromatic N) is 1. The molecular weight excluding hydrogens is 646 g/mol. The first kappa shape index (κ1) is 36.8. The Hall–Kier alpha value is -5.45. The third kappa shape index (κ3) is 11.6. The first-order chi connectivity index (χ1) is 25.0. The Balaban J connectivity index is 1.48. The number of benzene rings is 5. The number of carbonyl (C=O) groups excluding carboxylic acids is 1. The van der Waals surface area contributed by atoms with Gasteiger partial charge in [0.2, 0.25) is 0 Å². The molecule has 0 unspecified atom stereocenters. The van der Waals surface area contributed by atoms with E-state index in [9.17, 15) is 14.9 Å². The summed E-state index contributed by atoms with van der Waals surface area (Å²) in [5, 5.41) is 11.2. The van der Waals surface area contributed by atoms with Crippen LogP contribution in [-0.4, -0.2) is 41.9 Å². The zero-order valence-corrected chi connectivity index (χ0v) is 28.2. The summed E-state index contributed by atoms with van der Waals surface area (Å²) in [7, 11) is 0.